The van der Waals surface area contributed by atoms with E-state index in [-0.39, 0.29) is 0 Å². The van der Waals surface area contributed by atoms with Gasteiger partial charge >= 0.3 is 0 Å². The van der Waals surface area contributed by atoms with E-state index in [2.05, 4.69) is 27.5 Å². The summed E-state index contributed by atoms with van der Waals surface area (Å²) in [7, 11) is 0. The van der Waals surface area contributed by atoms with Crippen molar-refractivity contribution >= 4 is 11.3 Å². The number of nitrogens with one attached hydrogen (secondary N) is 1. The first-order chi connectivity index (χ1) is 8.86. The fraction of sp³-hybridized carbons (Fsp3) is 0.786. The second-order valence-corrected chi connectivity index (χ2v) is 6.38. The Bertz CT molecular complexity index is 351. The van der Waals surface area contributed by atoms with E-state index in [0.717, 1.165) is 24.7 Å². The highest BCUT2D eigenvalue weighted by Gasteiger charge is 2.40. The highest BCUT2D eigenvalue weighted by Crippen LogP contribution is 2.36. The van der Waals surface area contributed by atoms with Crippen LogP contribution in [0.1, 0.15) is 44.7 Å². The van der Waals surface area contributed by atoms with E-state index in [4.69, 9.17) is 0 Å². The van der Waals surface area contributed by atoms with Crippen molar-refractivity contribution < 1.29 is 0 Å². The molecule has 0 spiro atoms. The van der Waals surface area contributed by atoms with Crippen LogP contribution in [0.25, 0.3) is 0 Å². The Morgan fingerprint density at radius 3 is 2.78 bits per heavy atom. The lowest BCUT2D eigenvalue weighted by molar-refractivity contribution is 0.108. The zero-order valence-electron chi connectivity index (χ0n) is 11.1. The van der Waals surface area contributed by atoms with Gasteiger partial charge in [0.25, 0.3) is 0 Å². The molecule has 1 aromatic rings. The number of nitrogens with zero attached hydrogens (tertiary/aromatic N) is 2. The molecule has 0 aliphatic carbocycles. The zero-order valence-corrected chi connectivity index (χ0v) is 12.0. The molecule has 1 N–H and O–H groups in total. The van der Waals surface area contributed by atoms with E-state index in [1.807, 2.05) is 5.51 Å². The molecule has 1 aromatic heterocycles. The van der Waals surface area contributed by atoms with E-state index in [9.17, 15) is 0 Å². The van der Waals surface area contributed by atoms with Crippen molar-refractivity contribution in [3.8, 4) is 0 Å². The molecule has 3 rings (SSSR count). The van der Waals surface area contributed by atoms with Crippen LogP contribution in [-0.4, -0.2) is 34.6 Å². The molecule has 0 radical (unpaired) electrons. The molecule has 2 aliphatic heterocycles. The van der Waals surface area contributed by atoms with Crippen LogP contribution in [0.5, 0.6) is 0 Å². The monoisotopic (exact) mass is 265 g/mol. The summed E-state index contributed by atoms with van der Waals surface area (Å²) in [6.07, 6.45) is 6.69. The van der Waals surface area contributed by atoms with Crippen molar-refractivity contribution in [1.82, 2.24) is 15.2 Å². The summed E-state index contributed by atoms with van der Waals surface area (Å²) in [6.45, 7) is 4.49. The third-order valence-corrected chi connectivity index (χ3v) is 5.03. The van der Waals surface area contributed by atoms with Gasteiger partial charge in [-0.3, -0.25) is 4.90 Å². The normalized spacial score (nSPS) is 31.9. The average molecular weight is 265 g/mol. The molecule has 2 fully saturated rings. The Kier molecular flexibility index (Phi) is 3.97. The van der Waals surface area contributed by atoms with Gasteiger partial charge < -0.3 is 5.32 Å². The van der Waals surface area contributed by atoms with Gasteiger partial charge in [-0.15, -0.1) is 11.3 Å². The summed E-state index contributed by atoms with van der Waals surface area (Å²) in [4.78, 5) is 7.14. The minimum atomic E-state index is 0.758. The molecule has 3 heterocycles. The molecule has 2 bridgehead atoms. The fourth-order valence-electron chi connectivity index (χ4n) is 3.55. The molecule has 2 aliphatic rings. The van der Waals surface area contributed by atoms with Gasteiger partial charge in [0.05, 0.1) is 11.2 Å². The van der Waals surface area contributed by atoms with Gasteiger partial charge in [0, 0.05) is 30.1 Å². The first kappa shape index (κ1) is 12.6. The molecule has 0 amide bonds. The number of fused-ring (bicyclic) bond motifs is 2. The number of rotatable bonds is 5. The quantitative estimate of drug-likeness (QED) is 0.887. The van der Waals surface area contributed by atoms with Crippen molar-refractivity contribution in [3.05, 3.63) is 16.6 Å². The van der Waals surface area contributed by atoms with E-state index in [1.165, 1.54) is 44.3 Å². The Balaban J connectivity index is 1.59. The molecule has 0 saturated carbocycles. The molecular formula is C14H23N3S. The summed E-state index contributed by atoms with van der Waals surface area (Å²) in [5, 5.41) is 5.91. The third-order valence-electron chi connectivity index (χ3n) is 4.40. The van der Waals surface area contributed by atoms with Crippen LogP contribution in [0.2, 0.25) is 0 Å². The van der Waals surface area contributed by atoms with Crippen molar-refractivity contribution in [3.63, 3.8) is 0 Å². The SMILES string of the molecule is CCCNC1CC2CCC(C1)N2Cc1cscn1. The first-order valence-corrected chi connectivity index (χ1v) is 8.17. The average Bonchev–Trinajstić information content (AvgIpc) is 2.95. The van der Waals surface area contributed by atoms with Crippen LogP contribution in [0.4, 0.5) is 0 Å². The van der Waals surface area contributed by atoms with Crippen LogP contribution in [-0.2, 0) is 6.54 Å². The fourth-order valence-corrected chi connectivity index (χ4v) is 4.10. The standard InChI is InChI=1S/C14H23N3S/c1-2-5-15-11-6-13-3-4-14(7-11)17(13)8-12-9-18-10-16-12/h9-11,13-15H,2-8H2,1H3. The van der Waals surface area contributed by atoms with E-state index in [1.54, 1.807) is 11.3 Å². The van der Waals surface area contributed by atoms with Crippen molar-refractivity contribution in [2.75, 3.05) is 6.54 Å². The number of hydrogen-bond acceptors (Lipinski definition) is 4. The molecule has 3 nitrogen and oxygen atoms in total. The summed E-state index contributed by atoms with van der Waals surface area (Å²) in [5.74, 6) is 0. The van der Waals surface area contributed by atoms with Gasteiger partial charge in [-0.05, 0) is 38.6 Å². The summed E-state index contributed by atoms with van der Waals surface area (Å²) in [6, 6.07) is 2.34. The predicted octanol–water partition coefficient (Wildman–Crippen LogP) is 2.64. The van der Waals surface area contributed by atoms with Crippen molar-refractivity contribution in [2.24, 2.45) is 0 Å². The zero-order chi connectivity index (χ0) is 12.4. The molecule has 0 aromatic carbocycles. The number of piperidine rings is 1. The van der Waals surface area contributed by atoms with Crippen LogP contribution < -0.4 is 5.32 Å². The lowest BCUT2D eigenvalue weighted by atomic mass is 9.97. The number of hydrogen-bond donors (Lipinski definition) is 1. The van der Waals surface area contributed by atoms with Gasteiger partial charge in [0.2, 0.25) is 0 Å². The van der Waals surface area contributed by atoms with Gasteiger partial charge in [0.15, 0.2) is 0 Å². The molecule has 4 heteroatoms. The van der Waals surface area contributed by atoms with Crippen molar-refractivity contribution in [1.29, 1.82) is 0 Å². The van der Waals surface area contributed by atoms with Gasteiger partial charge in [0.1, 0.15) is 0 Å². The smallest absolute Gasteiger partial charge is 0.0795 e. The second kappa shape index (κ2) is 5.68. The molecule has 2 atom stereocenters. The largest absolute Gasteiger partial charge is 0.314 e. The Labute approximate surface area is 114 Å². The van der Waals surface area contributed by atoms with Gasteiger partial charge in [-0.1, -0.05) is 6.92 Å². The minimum Gasteiger partial charge on any atom is -0.314 e. The molecular weight excluding hydrogens is 242 g/mol. The number of aromatic nitrogens is 1. The van der Waals surface area contributed by atoms with E-state index >= 15 is 0 Å². The Hall–Kier alpha value is -0.450. The Morgan fingerprint density at radius 1 is 1.39 bits per heavy atom. The summed E-state index contributed by atoms with van der Waals surface area (Å²) >= 11 is 1.71. The lowest BCUT2D eigenvalue weighted by Crippen LogP contribution is -2.48. The maximum Gasteiger partial charge on any atom is 0.0795 e. The maximum absolute atomic E-state index is 4.44. The van der Waals surface area contributed by atoms with Crippen LogP contribution in [0.15, 0.2) is 10.9 Å². The van der Waals surface area contributed by atoms with Gasteiger partial charge in [-0.2, -0.15) is 0 Å². The molecule has 2 unspecified atom stereocenters. The van der Waals surface area contributed by atoms with E-state index in [0.29, 0.717) is 0 Å². The highest BCUT2D eigenvalue weighted by atomic mass is 32.1. The molecule has 18 heavy (non-hydrogen) atoms. The van der Waals surface area contributed by atoms with Crippen LogP contribution in [0, 0.1) is 0 Å². The van der Waals surface area contributed by atoms with Crippen LogP contribution >= 0.6 is 11.3 Å². The molecule has 2 saturated heterocycles. The summed E-state index contributed by atoms with van der Waals surface area (Å²) in [5.41, 5.74) is 3.21. The van der Waals surface area contributed by atoms with Crippen LogP contribution in [0.3, 0.4) is 0 Å². The lowest BCUT2D eigenvalue weighted by Gasteiger charge is -2.39. The Morgan fingerprint density at radius 2 is 2.17 bits per heavy atom. The van der Waals surface area contributed by atoms with E-state index < -0.39 is 0 Å². The molecule has 100 valence electrons. The second-order valence-electron chi connectivity index (χ2n) is 5.66. The first-order valence-electron chi connectivity index (χ1n) is 7.23. The summed E-state index contributed by atoms with van der Waals surface area (Å²) < 4.78 is 0. The van der Waals surface area contributed by atoms with Gasteiger partial charge in [-0.25, -0.2) is 4.98 Å². The number of thiazole rings is 1. The maximum atomic E-state index is 4.44. The third kappa shape index (κ3) is 2.60. The minimum absolute atomic E-state index is 0.758. The predicted molar refractivity (Wildman–Crippen MR) is 75.8 cm³/mol. The van der Waals surface area contributed by atoms with Crippen molar-refractivity contribution in [2.45, 2.75) is 63.7 Å². The highest BCUT2D eigenvalue weighted by molar-refractivity contribution is 7.07. The topological polar surface area (TPSA) is 28.2 Å².